The van der Waals surface area contributed by atoms with Gasteiger partial charge in [0.25, 0.3) is 0 Å². The lowest BCUT2D eigenvalue weighted by atomic mass is 9.89. The van der Waals surface area contributed by atoms with E-state index in [0.717, 1.165) is 6.07 Å². The zero-order valence-corrected chi connectivity index (χ0v) is 10.5. The second-order valence-electron chi connectivity index (χ2n) is 4.99. The molecule has 0 aliphatic heterocycles. The number of aromatic carboxylic acids is 1. The van der Waals surface area contributed by atoms with E-state index < -0.39 is 11.8 Å². The maximum Gasteiger partial charge on any atom is 0.337 e. The first kappa shape index (κ1) is 14.4. The molecular weight excluding hydrogens is 237 g/mol. The van der Waals surface area contributed by atoms with Crippen LogP contribution < -0.4 is 5.32 Å². The molecule has 0 amide bonds. The summed E-state index contributed by atoms with van der Waals surface area (Å²) in [7, 11) is 0. The zero-order chi connectivity index (χ0) is 13.8. The fourth-order valence-corrected chi connectivity index (χ4v) is 1.57. The molecule has 0 aliphatic carbocycles. The number of aliphatic hydroxyl groups is 1. The van der Waals surface area contributed by atoms with Crippen molar-refractivity contribution in [2.24, 2.45) is 5.41 Å². The van der Waals surface area contributed by atoms with Crippen LogP contribution in [0.3, 0.4) is 0 Å². The molecule has 0 unspecified atom stereocenters. The Hall–Kier alpha value is -1.62. The van der Waals surface area contributed by atoms with Crippen LogP contribution >= 0.6 is 0 Å². The van der Waals surface area contributed by atoms with Gasteiger partial charge in [0, 0.05) is 18.8 Å². The molecule has 100 valence electrons. The van der Waals surface area contributed by atoms with Crippen LogP contribution in [-0.4, -0.2) is 29.3 Å². The Kier molecular flexibility index (Phi) is 4.67. The van der Waals surface area contributed by atoms with Gasteiger partial charge in [-0.25, -0.2) is 9.18 Å². The van der Waals surface area contributed by atoms with Crippen LogP contribution in [0.25, 0.3) is 0 Å². The van der Waals surface area contributed by atoms with E-state index in [4.69, 9.17) is 10.2 Å². The molecule has 3 N–H and O–H groups in total. The zero-order valence-electron chi connectivity index (χ0n) is 10.5. The number of carbonyl (C=O) groups is 1. The average molecular weight is 255 g/mol. The summed E-state index contributed by atoms with van der Waals surface area (Å²) < 4.78 is 13.0. The number of rotatable bonds is 6. The highest BCUT2D eigenvalue weighted by Gasteiger charge is 2.18. The summed E-state index contributed by atoms with van der Waals surface area (Å²) in [6.45, 7) is 4.49. The van der Waals surface area contributed by atoms with Crippen molar-refractivity contribution in [3.63, 3.8) is 0 Å². The van der Waals surface area contributed by atoms with Crippen molar-refractivity contribution in [1.82, 2.24) is 0 Å². The van der Waals surface area contributed by atoms with Crippen molar-refractivity contribution in [3.8, 4) is 0 Å². The third-order valence-corrected chi connectivity index (χ3v) is 2.76. The first-order valence-corrected chi connectivity index (χ1v) is 5.73. The van der Waals surface area contributed by atoms with Gasteiger partial charge in [0.1, 0.15) is 5.82 Å². The van der Waals surface area contributed by atoms with Gasteiger partial charge in [0.15, 0.2) is 0 Å². The van der Waals surface area contributed by atoms with Crippen LogP contribution in [0.15, 0.2) is 18.2 Å². The van der Waals surface area contributed by atoms with Crippen molar-refractivity contribution in [2.75, 3.05) is 18.5 Å². The summed E-state index contributed by atoms with van der Waals surface area (Å²) >= 11 is 0. The third kappa shape index (κ3) is 4.00. The summed E-state index contributed by atoms with van der Waals surface area (Å²) in [6.07, 6.45) is 0.601. The molecule has 0 saturated heterocycles. The molecule has 0 heterocycles. The monoisotopic (exact) mass is 255 g/mol. The first-order chi connectivity index (χ1) is 8.35. The lowest BCUT2D eigenvalue weighted by Crippen LogP contribution is -2.25. The van der Waals surface area contributed by atoms with Crippen LogP contribution in [0.2, 0.25) is 0 Å². The van der Waals surface area contributed by atoms with Gasteiger partial charge in [-0.3, -0.25) is 0 Å². The lowest BCUT2D eigenvalue weighted by molar-refractivity contribution is 0.0697. The number of carboxylic acids is 1. The molecule has 0 aliphatic rings. The summed E-state index contributed by atoms with van der Waals surface area (Å²) in [6, 6.07) is 3.62. The topological polar surface area (TPSA) is 69.6 Å². The van der Waals surface area contributed by atoms with Gasteiger partial charge < -0.3 is 15.5 Å². The normalized spacial score (nSPS) is 11.3. The van der Waals surface area contributed by atoms with E-state index in [1.165, 1.54) is 12.1 Å². The second-order valence-corrected chi connectivity index (χ2v) is 4.99. The second kappa shape index (κ2) is 5.82. The Bertz CT molecular complexity index is 432. The van der Waals surface area contributed by atoms with Crippen molar-refractivity contribution in [1.29, 1.82) is 0 Å². The minimum Gasteiger partial charge on any atom is -0.478 e. The van der Waals surface area contributed by atoms with E-state index in [-0.39, 0.29) is 17.6 Å². The summed E-state index contributed by atoms with van der Waals surface area (Å²) in [4.78, 5) is 11.0. The molecule has 1 aromatic rings. The highest BCUT2D eigenvalue weighted by atomic mass is 19.1. The molecule has 18 heavy (non-hydrogen) atoms. The number of anilines is 1. The molecule has 0 atom stereocenters. The predicted octanol–water partition coefficient (Wildman–Crippen LogP) is 2.34. The van der Waals surface area contributed by atoms with E-state index in [1.807, 2.05) is 13.8 Å². The Morgan fingerprint density at radius 2 is 2.11 bits per heavy atom. The Morgan fingerprint density at radius 3 is 2.67 bits per heavy atom. The summed E-state index contributed by atoms with van der Waals surface area (Å²) in [5, 5.41) is 20.9. The first-order valence-electron chi connectivity index (χ1n) is 5.73. The molecule has 4 nitrogen and oxygen atoms in total. The Labute approximate surface area is 105 Å². The minimum atomic E-state index is -1.17. The number of hydrogen-bond acceptors (Lipinski definition) is 3. The van der Waals surface area contributed by atoms with Crippen molar-refractivity contribution in [3.05, 3.63) is 29.6 Å². The Morgan fingerprint density at radius 1 is 1.44 bits per heavy atom. The number of carboxylic acid groups (broad SMARTS) is 1. The highest BCUT2D eigenvalue weighted by molar-refractivity contribution is 5.94. The summed E-state index contributed by atoms with van der Waals surface area (Å²) in [5.41, 5.74) is 0.128. The molecule has 1 rings (SSSR count). The quantitative estimate of drug-likeness (QED) is 0.729. The molecule has 5 heteroatoms. The van der Waals surface area contributed by atoms with Crippen molar-refractivity contribution < 1.29 is 19.4 Å². The number of benzene rings is 1. The average Bonchev–Trinajstić information content (AvgIpc) is 2.27. The fraction of sp³-hybridized carbons (Fsp3) is 0.462. The van der Waals surface area contributed by atoms with E-state index in [1.54, 1.807) is 0 Å². The van der Waals surface area contributed by atoms with Crippen LogP contribution in [0.5, 0.6) is 0 Å². The van der Waals surface area contributed by atoms with E-state index in [9.17, 15) is 9.18 Å². The van der Waals surface area contributed by atoms with Gasteiger partial charge >= 0.3 is 5.97 Å². The minimum absolute atomic E-state index is 0.0733. The molecular formula is C13H18FNO3. The molecule has 0 fully saturated rings. The van der Waals surface area contributed by atoms with Crippen LogP contribution in [-0.2, 0) is 0 Å². The number of hydrogen-bond donors (Lipinski definition) is 3. The lowest BCUT2D eigenvalue weighted by Gasteiger charge is -2.25. The largest absolute Gasteiger partial charge is 0.478 e. The Balaban J connectivity index is 2.82. The van der Waals surface area contributed by atoms with Gasteiger partial charge in [-0.15, -0.1) is 0 Å². The molecule has 0 bridgehead atoms. The molecule has 0 spiro atoms. The maximum absolute atomic E-state index is 13.0. The standard InChI is InChI=1S/C13H18FNO3/c1-13(2,5-6-16)8-15-11-4-3-9(14)7-10(11)12(17)18/h3-4,7,15-16H,5-6,8H2,1-2H3,(H,17,18). The molecule has 1 aromatic carbocycles. The fourth-order valence-electron chi connectivity index (χ4n) is 1.57. The molecule has 0 radical (unpaired) electrons. The molecule has 0 saturated carbocycles. The van der Waals surface area contributed by atoms with Crippen molar-refractivity contribution >= 4 is 11.7 Å². The van der Waals surface area contributed by atoms with E-state index in [0.29, 0.717) is 18.7 Å². The number of aliphatic hydroxyl groups excluding tert-OH is 1. The van der Waals surface area contributed by atoms with Crippen molar-refractivity contribution in [2.45, 2.75) is 20.3 Å². The molecule has 0 aromatic heterocycles. The van der Waals surface area contributed by atoms with Gasteiger partial charge in [-0.1, -0.05) is 13.8 Å². The third-order valence-electron chi connectivity index (χ3n) is 2.76. The van der Waals surface area contributed by atoms with Crippen LogP contribution in [0.1, 0.15) is 30.6 Å². The summed E-state index contributed by atoms with van der Waals surface area (Å²) in [5.74, 6) is -1.75. The van der Waals surface area contributed by atoms with Gasteiger partial charge in [0.2, 0.25) is 0 Å². The smallest absolute Gasteiger partial charge is 0.337 e. The van der Waals surface area contributed by atoms with Crippen LogP contribution in [0, 0.1) is 11.2 Å². The van der Waals surface area contributed by atoms with Gasteiger partial charge in [-0.2, -0.15) is 0 Å². The van der Waals surface area contributed by atoms with Crippen LogP contribution in [0.4, 0.5) is 10.1 Å². The van der Waals surface area contributed by atoms with E-state index in [2.05, 4.69) is 5.32 Å². The predicted molar refractivity (Wildman–Crippen MR) is 67.3 cm³/mol. The van der Waals surface area contributed by atoms with Gasteiger partial charge in [0.05, 0.1) is 5.56 Å². The number of nitrogens with one attached hydrogen (secondary N) is 1. The maximum atomic E-state index is 13.0. The van der Waals surface area contributed by atoms with E-state index >= 15 is 0 Å². The SMILES string of the molecule is CC(C)(CCO)CNc1ccc(F)cc1C(=O)O. The highest BCUT2D eigenvalue weighted by Crippen LogP contribution is 2.23. The van der Waals surface area contributed by atoms with Gasteiger partial charge in [-0.05, 0) is 30.0 Å². The number of halogens is 1.